The molecule has 0 saturated heterocycles. The summed E-state index contributed by atoms with van der Waals surface area (Å²) < 4.78 is 0. The van der Waals surface area contributed by atoms with Crippen molar-refractivity contribution in [2.75, 3.05) is 0 Å². The van der Waals surface area contributed by atoms with E-state index in [1.54, 1.807) is 12.3 Å². The first-order valence-electron chi connectivity index (χ1n) is 5.35. The third-order valence-corrected chi connectivity index (χ3v) is 2.92. The van der Waals surface area contributed by atoms with Gasteiger partial charge in [-0.2, -0.15) is 5.26 Å². The van der Waals surface area contributed by atoms with Crippen LogP contribution in [-0.2, 0) is 6.42 Å². The monoisotopic (exact) mass is 242 g/mol. The summed E-state index contributed by atoms with van der Waals surface area (Å²) in [6.07, 6.45) is 2.32. The lowest BCUT2D eigenvalue weighted by atomic mass is 9.95. The molecule has 2 rings (SSSR count). The van der Waals surface area contributed by atoms with Crippen LogP contribution in [0.3, 0.4) is 0 Å². The van der Waals surface area contributed by atoms with Gasteiger partial charge in [0.2, 0.25) is 0 Å². The van der Waals surface area contributed by atoms with Crippen LogP contribution in [0.2, 0.25) is 5.02 Å². The highest BCUT2D eigenvalue weighted by molar-refractivity contribution is 6.31. The van der Waals surface area contributed by atoms with Crippen molar-refractivity contribution in [2.24, 2.45) is 0 Å². The summed E-state index contributed by atoms with van der Waals surface area (Å²) in [4.78, 5) is 4.23. The number of aromatic nitrogens is 1. The van der Waals surface area contributed by atoms with Crippen LogP contribution < -0.4 is 0 Å². The molecule has 0 aliphatic carbocycles. The summed E-state index contributed by atoms with van der Waals surface area (Å²) in [5.74, 6) is -0.251. The van der Waals surface area contributed by atoms with Crippen molar-refractivity contribution in [1.82, 2.24) is 4.98 Å². The Labute approximate surface area is 105 Å². The van der Waals surface area contributed by atoms with E-state index in [0.29, 0.717) is 11.4 Å². The Morgan fingerprint density at radius 3 is 2.59 bits per heavy atom. The first kappa shape index (κ1) is 11.6. The molecule has 0 radical (unpaired) electrons. The van der Waals surface area contributed by atoms with E-state index in [4.69, 9.17) is 11.6 Å². The standard InChI is InChI=1S/C14H11ClN2/c15-14-7-2-1-6-13(14)11(10-16)9-12-5-3-4-8-17-12/h1-8,11H,9H2. The summed E-state index contributed by atoms with van der Waals surface area (Å²) in [6.45, 7) is 0. The summed E-state index contributed by atoms with van der Waals surface area (Å²) in [5, 5.41) is 9.86. The van der Waals surface area contributed by atoms with Gasteiger partial charge < -0.3 is 0 Å². The van der Waals surface area contributed by atoms with E-state index >= 15 is 0 Å². The minimum absolute atomic E-state index is 0.251. The van der Waals surface area contributed by atoms with Crippen molar-refractivity contribution in [3.63, 3.8) is 0 Å². The topological polar surface area (TPSA) is 36.7 Å². The molecule has 84 valence electrons. The van der Waals surface area contributed by atoms with Crippen molar-refractivity contribution >= 4 is 11.6 Å². The van der Waals surface area contributed by atoms with Gasteiger partial charge in [0.1, 0.15) is 0 Å². The Bertz CT molecular complexity index is 531. The van der Waals surface area contributed by atoms with Crippen LogP contribution in [0.1, 0.15) is 17.2 Å². The number of rotatable bonds is 3. The zero-order chi connectivity index (χ0) is 12.1. The maximum atomic E-state index is 9.23. The van der Waals surface area contributed by atoms with Gasteiger partial charge in [-0.25, -0.2) is 0 Å². The van der Waals surface area contributed by atoms with E-state index in [-0.39, 0.29) is 5.92 Å². The minimum Gasteiger partial charge on any atom is -0.261 e. The molecule has 1 aromatic heterocycles. The lowest BCUT2D eigenvalue weighted by Crippen LogP contribution is -2.02. The molecule has 3 heteroatoms. The number of nitriles is 1. The normalized spacial score (nSPS) is 11.8. The number of nitrogens with zero attached hydrogens (tertiary/aromatic N) is 2. The fourth-order valence-electron chi connectivity index (χ4n) is 1.71. The van der Waals surface area contributed by atoms with Crippen LogP contribution in [0.25, 0.3) is 0 Å². The van der Waals surface area contributed by atoms with Gasteiger partial charge in [-0.15, -0.1) is 0 Å². The third kappa shape index (κ3) is 2.83. The van der Waals surface area contributed by atoms with Crippen LogP contribution in [0.15, 0.2) is 48.7 Å². The second-order valence-electron chi connectivity index (χ2n) is 3.73. The SMILES string of the molecule is N#CC(Cc1ccccn1)c1ccccc1Cl. The Morgan fingerprint density at radius 2 is 1.94 bits per heavy atom. The lowest BCUT2D eigenvalue weighted by molar-refractivity contribution is 0.822. The predicted octanol–water partition coefficient (Wildman–Crippen LogP) is 3.58. The van der Waals surface area contributed by atoms with Crippen LogP contribution in [0.5, 0.6) is 0 Å². The average molecular weight is 243 g/mol. The van der Waals surface area contributed by atoms with E-state index in [2.05, 4.69) is 11.1 Å². The molecule has 17 heavy (non-hydrogen) atoms. The molecule has 0 amide bonds. The fourth-order valence-corrected chi connectivity index (χ4v) is 1.98. The van der Waals surface area contributed by atoms with Crippen molar-refractivity contribution < 1.29 is 0 Å². The molecule has 2 aromatic rings. The lowest BCUT2D eigenvalue weighted by Gasteiger charge is -2.10. The average Bonchev–Trinajstić information content (AvgIpc) is 2.38. The van der Waals surface area contributed by atoms with Gasteiger partial charge in [-0.05, 0) is 23.8 Å². The predicted molar refractivity (Wildman–Crippen MR) is 67.7 cm³/mol. The number of benzene rings is 1. The largest absolute Gasteiger partial charge is 0.261 e. The molecule has 1 aromatic carbocycles. The molecular weight excluding hydrogens is 232 g/mol. The zero-order valence-corrected chi connectivity index (χ0v) is 9.93. The van der Waals surface area contributed by atoms with Gasteiger partial charge >= 0.3 is 0 Å². The van der Waals surface area contributed by atoms with Gasteiger partial charge in [0.05, 0.1) is 12.0 Å². The molecule has 1 unspecified atom stereocenters. The third-order valence-electron chi connectivity index (χ3n) is 2.58. The van der Waals surface area contributed by atoms with Crippen LogP contribution in [0, 0.1) is 11.3 Å². The van der Waals surface area contributed by atoms with Crippen LogP contribution in [-0.4, -0.2) is 4.98 Å². The number of hydrogen-bond acceptors (Lipinski definition) is 2. The Morgan fingerprint density at radius 1 is 1.18 bits per heavy atom. The highest BCUT2D eigenvalue weighted by Gasteiger charge is 2.14. The van der Waals surface area contributed by atoms with Gasteiger partial charge in [0.25, 0.3) is 0 Å². The molecule has 0 spiro atoms. The smallest absolute Gasteiger partial charge is 0.0782 e. The quantitative estimate of drug-likeness (QED) is 0.825. The van der Waals surface area contributed by atoms with Gasteiger partial charge in [0.15, 0.2) is 0 Å². The molecule has 0 bridgehead atoms. The van der Waals surface area contributed by atoms with Crippen molar-refractivity contribution in [2.45, 2.75) is 12.3 Å². The number of halogens is 1. The summed E-state index contributed by atoms with van der Waals surface area (Å²) in [5.41, 5.74) is 1.77. The van der Waals surface area contributed by atoms with Crippen molar-refractivity contribution in [3.05, 3.63) is 64.9 Å². The van der Waals surface area contributed by atoms with Crippen LogP contribution in [0.4, 0.5) is 0 Å². The van der Waals surface area contributed by atoms with E-state index < -0.39 is 0 Å². The highest BCUT2D eigenvalue weighted by Crippen LogP contribution is 2.26. The van der Waals surface area contributed by atoms with Gasteiger partial charge in [-0.3, -0.25) is 4.98 Å². The molecule has 0 fully saturated rings. The summed E-state index contributed by atoms with van der Waals surface area (Å²) in [6, 6.07) is 15.4. The van der Waals surface area contributed by atoms with E-state index in [1.165, 1.54) is 0 Å². The molecule has 2 nitrogen and oxygen atoms in total. The number of pyridine rings is 1. The van der Waals surface area contributed by atoms with Crippen LogP contribution >= 0.6 is 11.6 Å². The maximum Gasteiger partial charge on any atom is 0.0782 e. The minimum atomic E-state index is -0.251. The fraction of sp³-hybridized carbons (Fsp3) is 0.143. The summed E-state index contributed by atoms with van der Waals surface area (Å²) >= 11 is 6.09. The Balaban J connectivity index is 2.25. The Kier molecular flexibility index (Phi) is 3.74. The van der Waals surface area contributed by atoms with Crippen molar-refractivity contribution in [1.29, 1.82) is 5.26 Å². The van der Waals surface area contributed by atoms with E-state index in [1.807, 2.05) is 36.4 Å². The molecule has 1 heterocycles. The molecule has 0 aliphatic rings. The first-order chi connectivity index (χ1) is 8.31. The molecule has 0 aliphatic heterocycles. The second-order valence-corrected chi connectivity index (χ2v) is 4.14. The Hall–Kier alpha value is -1.85. The number of hydrogen-bond donors (Lipinski definition) is 0. The van der Waals surface area contributed by atoms with E-state index in [0.717, 1.165) is 11.3 Å². The molecule has 1 atom stereocenters. The zero-order valence-electron chi connectivity index (χ0n) is 9.18. The molecule has 0 N–H and O–H groups in total. The summed E-state index contributed by atoms with van der Waals surface area (Å²) in [7, 11) is 0. The second kappa shape index (κ2) is 5.47. The molecular formula is C14H11ClN2. The van der Waals surface area contributed by atoms with E-state index in [9.17, 15) is 5.26 Å². The molecule has 0 saturated carbocycles. The highest BCUT2D eigenvalue weighted by atomic mass is 35.5. The first-order valence-corrected chi connectivity index (χ1v) is 5.73. The maximum absolute atomic E-state index is 9.23. The van der Waals surface area contributed by atoms with Crippen molar-refractivity contribution in [3.8, 4) is 6.07 Å². The van der Waals surface area contributed by atoms with Gasteiger partial charge in [0, 0.05) is 23.3 Å². The van der Waals surface area contributed by atoms with Gasteiger partial charge in [-0.1, -0.05) is 35.9 Å².